The molecule has 1 spiro atoms. The van der Waals surface area contributed by atoms with Gasteiger partial charge >= 0.3 is 6.03 Å². The number of likely N-dealkylation sites (tertiary alicyclic amines) is 1. The Morgan fingerprint density at radius 1 is 1.41 bits per heavy atom. The molecule has 0 radical (unpaired) electrons. The van der Waals surface area contributed by atoms with Crippen LogP contribution in [0.5, 0.6) is 0 Å². The van der Waals surface area contributed by atoms with E-state index >= 15 is 0 Å². The maximum absolute atomic E-state index is 12.4. The number of rotatable bonds is 4. The number of nitrogens with one attached hydrogen (secondary N) is 1. The quantitative estimate of drug-likeness (QED) is 0.930. The maximum atomic E-state index is 12.4. The summed E-state index contributed by atoms with van der Waals surface area (Å²) in [6.45, 7) is 6.03. The van der Waals surface area contributed by atoms with Gasteiger partial charge in [0.25, 0.3) is 0 Å². The fourth-order valence-electron chi connectivity index (χ4n) is 4.41. The normalized spacial score (nSPS) is 22.9. The summed E-state index contributed by atoms with van der Waals surface area (Å²) in [5, 5.41) is 3.04. The van der Waals surface area contributed by atoms with Crippen molar-refractivity contribution >= 4 is 6.03 Å². The summed E-state index contributed by atoms with van der Waals surface area (Å²) >= 11 is 0. The number of carbonyl (C=O) groups is 1. The van der Waals surface area contributed by atoms with Crippen LogP contribution in [0, 0.1) is 11.3 Å². The third-order valence-electron chi connectivity index (χ3n) is 5.21. The fourth-order valence-corrected chi connectivity index (χ4v) is 4.41. The minimum absolute atomic E-state index is 0.0834. The molecule has 1 aliphatic carbocycles. The number of hydrogen-bond donors (Lipinski definition) is 1. The highest BCUT2D eigenvalue weighted by Crippen LogP contribution is 2.52. The molecule has 1 saturated carbocycles. The SMILES string of the molecule is CC(C)C1N(C(=O)NCCc2cnccn2)CC12CCCC2. The van der Waals surface area contributed by atoms with Gasteiger partial charge in [0.2, 0.25) is 0 Å². The molecule has 1 unspecified atom stereocenters. The predicted octanol–water partition coefficient (Wildman–Crippen LogP) is 2.63. The Labute approximate surface area is 132 Å². The third kappa shape index (κ3) is 2.81. The molecule has 0 bridgehead atoms. The molecule has 1 aliphatic heterocycles. The van der Waals surface area contributed by atoms with Crippen molar-refractivity contribution in [1.29, 1.82) is 0 Å². The van der Waals surface area contributed by atoms with E-state index in [0.29, 0.717) is 23.9 Å². The van der Waals surface area contributed by atoms with E-state index in [-0.39, 0.29) is 6.03 Å². The molecule has 3 rings (SSSR count). The predicted molar refractivity (Wildman–Crippen MR) is 85.4 cm³/mol. The van der Waals surface area contributed by atoms with Crippen LogP contribution in [0.25, 0.3) is 0 Å². The smallest absolute Gasteiger partial charge is 0.317 e. The van der Waals surface area contributed by atoms with Gasteiger partial charge in [-0.1, -0.05) is 26.7 Å². The Morgan fingerprint density at radius 3 is 2.82 bits per heavy atom. The van der Waals surface area contributed by atoms with E-state index in [9.17, 15) is 4.79 Å². The van der Waals surface area contributed by atoms with Crippen LogP contribution in [-0.2, 0) is 6.42 Å². The van der Waals surface area contributed by atoms with Crippen LogP contribution in [0.4, 0.5) is 4.79 Å². The summed E-state index contributed by atoms with van der Waals surface area (Å²) in [5.41, 5.74) is 1.33. The van der Waals surface area contributed by atoms with Crippen molar-refractivity contribution in [3.8, 4) is 0 Å². The first-order valence-electron chi connectivity index (χ1n) is 8.42. The average molecular weight is 302 g/mol. The van der Waals surface area contributed by atoms with Gasteiger partial charge in [0, 0.05) is 49.6 Å². The van der Waals surface area contributed by atoms with Gasteiger partial charge in [-0.2, -0.15) is 0 Å². The minimum Gasteiger partial charge on any atom is -0.338 e. The zero-order valence-corrected chi connectivity index (χ0v) is 13.6. The van der Waals surface area contributed by atoms with Crippen molar-refractivity contribution in [3.05, 3.63) is 24.3 Å². The lowest BCUT2D eigenvalue weighted by Crippen LogP contribution is -2.69. The monoisotopic (exact) mass is 302 g/mol. The molecular weight excluding hydrogens is 276 g/mol. The summed E-state index contributed by atoms with van der Waals surface area (Å²) in [7, 11) is 0. The number of amides is 2. The van der Waals surface area contributed by atoms with Crippen LogP contribution in [0.2, 0.25) is 0 Å². The highest BCUT2D eigenvalue weighted by Gasteiger charge is 2.56. The van der Waals surface area contributed by atoms with Gasteiger partial charge in [0.05, 0.1) is 5.69 Å². The summed E-state index contributed by atoms with van der Waals surface area (Å²) < 4.78 is 0. The van der Waals surface area contributed by atoms with E-state index in [0.717, 1.165) is 18.7 Å². The molecule has 0 aromatic carbocycles. The zero-order valence-electron chi connectivity index (χ0n) is 13.6. The number of nitrogens with zero attached hydrogens (tertiary/aromatic N) is 3. The first-order chi connectivity index (χ1) is 10.6. The molecule has 2 fully saturated rings. The molecule has 1 N–H and O–H groups in total. The fraction of sp³-hybridized carbons (Fsp3) is 0.706. The van der Waals surface area contributed by atoms with Crippen molar-refractivity contribution in [2.75, 3.05) is 13.1 Å². The van der Waals surface area contributed by atoms with E-state index < -0.39 is 0 Å². The second-order valence-electron chi connectivity index (χ2n) is 7.06. The summed E-state index contributed by atoms with van der Waals surface area (Å²) in [6, 6.07) is 0.492. The van der Waals surface area contributed by atoms with E-state index in [1.165, 1.54) is 25.7 Å². The van der Waals surface area contributed by atoms with Crippen molar-refractivity contribution in [3.63, 3.8) is 0 Å². The molecule has 2 aliphatic rings. The van der Waals surface area contributed by atoms with E-state index in [1.807, 2.05) is 4.90 Å². The third-order valence-corrected chi connectivity index (χ3v) is 5.21. The molecular formula is C17H26N4O. The average Bonchev–Trinajstić information content (AvgIpc) is 2.96. The minimum atomic E-state index is 0.0834. The highest BCUT2D eigenvalue weighted by molar-refractivity contribution is 5.76. The van der Waals surface area contributed by atoms with Gasteiger partial charge < -0.3 is 10.2 Å². The molecule has 1 aromatic rings. The number of carbonyl (C=O) groups excluding carboxylic acids is 1. The number of hydrogen-bond acceptors (Lipinski definition) is 3. The van der Waals surface area contributed by atoms with Crippen molar-refractivity contribution < 1.29 is 4.79 Å². The van der Waals surface area contributed by atoms with Gasteiger partial charge in [-0.3, -0.25) is 9.97 Å². The van der Waals surface area contributed by atoms with Crippen LogP contribution in [-0.4, -0.2) is 40.0 Å². The van der Waals surface area contributed by atoms with E-state index in [1.54, 1.807) is 18.6 Å². The molecule has 5 heteroatoms. The Bertz CT molecular complexity index is 511. The molecule has 120 valence electrons. The van der Waals surface area contributed by atoms with Gasteiger partial charge in [0.15, 0.2) is 0 Å². The second-order valence-corrected chi connectivity index (χ2v) is 7.06. The summed E-state index contributed by atoms with van der Waals surface area (Å²) in [4.78, 5) is 22.8. The lowest BCUT2D eigenvalue weighted by Gasteiger charge is -2.58. The Kier molecular flexibility index (Phi) is 4.32. The van der Waals surface area contributed by atoms with Crippen molar-refractivity contribution in [2.45, 2.75) is 52.0 Å². The molecule has 2 amide bonds. The van der Waals surface area contributed by atoms with Gasteiger partial charge in [-0.15, -0.1) is 0 Å². The Balaban J connectivity index is 1.52. The van der Waals surface area contributed by atoms with Crippen LogP contribution in [0.15, 0.2) is 18.6 Å². The first kappa shape index (κ1) is 15.3. The zero-order chi connectivity index (χ0) is 15.6. The molecule has 1 saturated heterocycles. The lowest BCUT2D eigenvalue weighted by atomic mass is 9.66. The standard InChI is InChI=1S/C17H26N4O/c1-13(2)15-17(6-3-4-7-17)12-21(15)16(22)20-8-5-14-11-18-9-10-19-14/h9-11,13,15H,3-8,12H2,1-2H3,(H,20,22). The number of urea groups is 1. The van der Waals surface area contributed by atoms with E-state index in [4.69, 9.17) is 0 Å². The number of aromatic nitrogens is 2. The highest BCUT2D eigenvalue weighted by atomic mass is 16.2. The van der Waals surface area contributed by atoms with Crippen LogP contribution in [0.1, 0.15) is 45.2 Å². The van der Waals surface area contributed by atoms with E-state index in [2.05, 4.69) is 29.1 Å². The van der Waals surface area contributed by atoms with Crippen LogP contribution >= 0.6 is 0 Å². The molecule has 5 nitrogen and oxygen atoms in total. The Morgan fingerprint density at radius 2 is 2.18 bits per heavy atom. The summed E-state index contributed by atoms with van der Waals surface area (Å²) in [6.07, 6.45) is 11.1. The lowest BCUT2D eigenvalue weighted by molar-refractivity contribution is -0.0614. The van der Waals surface area contributed by atoms with Crippen molar-refractivity contribution in [1.82, 2.24) is 20.2 Å². The maximum Gasteiger partial charge on any atom is 0.317 e. The van der Waals surface area contributed by atoms with Crippen molar-refractivity contribution in [2.24, 2.45) is 11.3 Å². The second kappa shape index (κ2) is 6.23. The topological polar surface area (TPSA) is 58.1 Å². The molecule has 2 heterocycles. The van der Waals surface area contributed by atoms with Crippen LogP contribution in [0.3, 0.4) is 0 Å². The largest absolute Gasteiger partial charge is 0.338 e. The molecule has 1 aromatic heterocycles. The van der Waals surface area contributed by atoms with Gasteiger partial charge in [0.1, 0.15) is 0 Å². The molecule has 1 atom stereocenters. The van der Waals surface area contributed by atoms with Gasteiger partial charge in [-0.05, 0) is 18.8 Å². The Hall–Kier alpha value is -1.65. The summed E-state index contributed by atoms with van der Waals surface area (Å²) in [5.74, 6) is 0.526. The van der Waals surface area contributed by atoms with Crippen LogP contribution < -0.4 is 5.32 Å². The first-order valence-corrected chi connectivity index (χ1v) is 8.42. The molecule has 22 heavy (non-hydrogen) atoms. The van der Waals surface area contributed by atoms with Gasteiger partial charge in [-0.25, -0.2) is 4.79 Å².